The van der Waals surface area contributed by atoms with Gasteiger partial charge < -0.3 is 5.32 Å². The molecule has 30 heavy (non-hydrogen) atoms. The van der Waals surface area contributed by atoms with Crippen LogP contribution in [-0.4, -0.2) is 31.2 Å². The summed E-state index contributed by atoms with van der Waals surface area (Å²) in [6.07, 6.45) is 3.36. The number of nitrogens with zero attached hydrogens (tertiary/aromatic N) is 4. The van der Waals surface area contributed by atoms with Crippen LogP contribution in [0.2, 0.25) is 5.02 Å². The molecule has 0 unspecified atom stereocenters. The molecular formula is C21H20ClN5OS2. The second kappa shape index (κ2) is 7.83. The van der Waals surface area contributed by atoms with E-state index in [0.717, 1.165) is 34.5 Å². The van der Waals surface area contributed by atoms with Crippen molar-refractivity contribution in [2.45, 2.75) is 38.3 Å². The Morgan fingerprint density at radius 2 is 2.20 bits per heavy atom. The van der Waals surface area contributed by atoms with Crippen LogP contribution in [-0.2, 0) is 17.6 Å². The van der Waals surface area contributed by atoms with E-state index in [1.54, 1.807) is 23.5 Å². The molecule has 1 aliphatic rings. The van der Waals surface area contributed by atoms with Gasteiger partial charge in [-0.15, -0.1) is 21.5 Å². The molecule has 0 fully saturated rings. The van der Waals surface area contributed by atoms with Crippen LogP contribution >= 0.6 is 34.7 Å². The lowest BCUT2D eigenvalue weighted by Gasteiger charge is -2.17. The molecule has 1 aromatic carbocycles. The van der Waals surface area contributed by atoms with Crippen molar-refractivity contribution >= 4 is 62.2 Å². The number of benzene rings is 1. The number of halogens is 1. The Kier molecular flexibility index (Phi) is 5.16. The summed E-state index contributed by atoms with van der Waals surface area (Å²) in [5, 5.41) is 14.0. The first-order valence-electron chi connectivity index (χ1n) is 9.84. The number of carbonyl (C=O) groups excluding carboxylic acids is 1. The fourth-order valence-electron chi connectivity index (χ4n) is 3.94. The van der Waals surface area contributed by atoms with Crippen LogP contribution in [0.3, 0.4) is 0 Å². The van der Waals surface area contributed by atoms with Crippen LogP contribution in [0.5, 0.6) is 0 Å². The number of thioether (sulfide) groups is 1. The van der Waals surface area contributed by atoms with Gasteiger partial charge in [0, 0.05) is 4.88 Å². The zero-order valence-corrected chi connectivity index (χ0v) is 19.0. The molecule has 4 aromatic rings. The lowest BCUT2D eigenvalue weighted by atomic mass is 9.89. The number of aryl methyl sites for hydroxylation is 2. The lowest BCUT2D eigenvalue weighted by Crippen LogP contribution is -2.14. The van der Waals surface area contributed by atoms with Gasteiger partial charge in [-0.1, -0.05) is 42.4 Å². The van der Waals surface area contributed by atoms with E-state index < -0.39 is 0 Å². The van der Waals surface area contributed by atoms with Gasteiger partial charge in [-0.2, -0.15) is 0 Å². The third kappa shape index (κ3) is 3.46. The Bertz CT molecular complexity index is 1280. The van der Waals surface area contributed by atoms with E-state index >= 15 is 0 Å². The highest BCUT2D eigenvalue weighted by Gasteiger charge is 2.25. The van der Waals surface area contributed by atoms with Crippen LogP contribution < -0.4 is 5.32 Å². The maximum absolute atomic E-state index is 12.4. The molecule has 9 heteroatoms. The number of rotatable bonds is 4. The van der Waals surface area contributed by atoms with Crippen LogP contribution in [0, 0.1) is 12.8 Å². The lowest BCUT2D eigenvalue weighted by molar-refractivity contribution is -0.113. The molecule has 6 nitrogen and oxygen atoms in total. The van der Waals surface area contributed by atoms with Crippen molar-refractivity contribution in [3.8, 4) is 0 Å². The zero-order valence-electron chi connectivity index (χ0n) is 16.6. The highest BCUT2D eigenvalue weighted by atomic mass is 35.5. The van der Waals surface area contributed by atoms with Crippen LogP contribution in [0.4, 0.5) is 5.69 Å². The van der Waals surface area contributed by atoms with Crippen molar-refractivity contribution in [3.05, 3.63) is 45.6 Å². The van der Waals surface area contributed by atoms with E-state index in [1.807, 2.05) is 23.5 Å². The van der Waals surface area contributed by atoms with Crippen molar-refractivity contribution in [1.29, 1.82) is 0 Å². The molecule has 154 valence electrons. The fourth-order valence-corrected chi connectivity index (χ4v) is 6.32. The molecule has 0 saturated heterocycles. The average Bonchev–Trinajstić information content (AvgIpc) is 3.29. The quantitative estimate of drug-likeness (QED) is 0.429. The predicted molar refractivity (Wildman–Crippen MR) is 123 cm³/mol. The van der Waals surface area contributed by atoms with Crippen LogP contribution in [0.1, 0.15) is 29.6 Å². The Morgan fingerprint density at radius 3 is 3.03 bits per heavy atom. The van der Waals surface area contributed by atoms with Gasteiger partial charge >= 0.3 is 0 Å². The molecule has 0 bridgehead atoms. The number of nitrogens with one attached hydrogen (secondary N) is 1. The Labute approximate surface area is 187 Å². The molecule has 1 N–H and O–H groups in total. The van der Waals surface area contributed by atoms with Crippen LogP contribution in [0.15, 0.2) is 29.4 Å². The molecule has 0 aliphatic heterocycles. The van der Waals surface area contributed by atoms with Gasteiger partial charge in [0.25, 0.3) is 0 Å². The van der Waals surface area contributed by atoms with Gasteiger partial charge in [-0.25, -0.2) is 4.98 Å². The Hall–Kier alpha value is -2.16. The largest absolute Gasteiger partial charge is 0.324 e. The van der Waals surface area contributed by atoms with Crippen molar-refractivity contribution < 1.29 is 4.79 Å². The van der Waals surface area contributed by atoms with Gasteiger partial charge in [0.2, 0.25) is 5.91 Å². The first-order valence-corrected chi connectivity index (χ1v) is 12.0. The van der Waals surface area contributed by atoms with Gasteiger partial charge in [0.05, 0.1) is 21.8 Å². The van der Waals surface area contributed by atoms with Gasteiger partial charge in [-0.3, -0.25) is 9.20 Å². The maximum atomic E-state index is 12.4. The van der Waals surface area contributed by atoms with Gasteiger partial charge in [0.1, 0.15) is 10.7 Å². The van der Waals surface area contributed by atoms with E-state index in [0.29, 0.717) is 21.8 Å². The number of hydrogen-bond acceptors (Lipinski definition) is 6. The SMILES string of the molecule is Cc1nc2sc3c(c2c2nnc(SCC(=O)Nc4ccccc4Cl)n12)CC[C@@H](C)C3. The van der Waals surface area contributed by atoms with E-state index in [1.165, 1.54) is 28.6 Å². The number of thiophene rings is 1. The second-order valence-corrected chi connectivity index (χ2v) is 10.1. The highest BCUT2D eigenvalue weighted by molar-refractivity contribution is 7.99. The normalized spacial score (nSPS) is 16.2. The molecule has 0 spiro atoms. The summed E-state index contributed by atoms with van der Waals surface area (Å²) in [5.41, 5.74) is 2.83. The number of aromatic nitrogens is 4. The van der Waals surface area contributed by atoms with Crippen molar-refractivity contribution in [2.24, 2.45) is 5.92 Å². The van der Waals surface area contributed by atoms with Crippen molar-refractivity contribution in [3.63, 3.8) is 0 Å². The maximum Gasteiger partial charge on any atom is 0.234 e. The summed E-state index contributed by atoms with van der Waals surface area (Å²) in [7, 11) is 0. The summed E-state index contributed by atoms with van der Waals surface area (Å²) in [4.78, 5) is 19.7. The predicted octanol–water partition coefficient (Wildman–Crippen LogP) is 5.16. The minimum atomic E-state index is -0.140. The molecule has 1 aliphatic carbocycles. The average molecular weight is 458 g/mol. The summed E-state index contributed by atoms with van der Waals surface area (Å²) in [6.45, 7) is 4.27. The van der Waals surface area contributed by atoms with Crippen molar-refractivity contribution in [2.75, 3.05) is 11.1 Å². The first kappa shape index (κ1) is 19.8. The molecule has 1 atom stereocenters. The topological polar surface area (TPSA) is 72.2 Å². The number of para-hydroxylation sites is 1. The van der Waals surface area contributed by atoms with Crippen LogP contribution in [0.25, 0.3) is 15.9 Å². The van der Waals surface area contributed by atoms with E-state index in [4.69, 9.17) is 16.6 Å². The fraction of sp³-hybridized carbons (Fsp3) is 0.333. The minimum Gasteiger partial charge on any atom is -0.324 e. The number of fused-ring (bicyclic) bond motifs is 5. The third-order valence-corrected chi connectivity index (χ3v) is 7.82. The number of carbonyl (C=O) groups is 1. The molecule has 0 radical (unpaired) electrons. The molecule has 5 rings (SSSR count). The Balaban J connectivity index is 1.44. The minimum absolute atomic E-state index is 0.140. The zero-order chi connectivity index (χ0) is 20.8. The summed E-state index contributed by atoms with van der Waals surface area (Å²) >= 11 is 9.26. The molecule has 0 saturated carbocycles. The van der Waals surface area contributed by atoms with Gasteiger partial charge in [-0.05, 0) is 49.8 Å². The molecule has 3 heterocycles. The monoisotopic (exact) mass is 457 g/mol. The summed E-state index contributed by atoms with van der Waals surface area (Å²) in [6, 6.07) is 7.19. The van der Waals surface area contributed by atoms with E-state index in [-0.39, 0.29) is 11.7 Å². The molecule has 1 amide bonds. The van der Waals surface area contributed by atoms with Gasteiger partial charge in [0.15, 0.2) is 10.8 Å². The highest BCUT2D eigenvalue weighted by Crippen LogP contribution is 2.39. The Morgan fingerprint density at radius 1 is 1.37 bits per heavy atom. The van der Waals surface area contributed by atoms with E-state index in [9.17, 15) is 4.79 Å². The molecular weight excluding hydrogens is 438 g/mol. The first-order chi connectivity index (χ1) is 14.5. The summed E-state index contributed by atoms with van der Waals surface area (Å²) in [5.74, 6) is 1.62. The van der Waals surface area contributed by atoms with E-state index in [2.05, 4.69) is 22.4 Å². The number of amides is 1. The van der Waals surface area contributed by atoms with Crippen molar-refractivity contribution in [1.82, 2.24) is 19.6 Å². The second-order valence-electron chi connectivity index (χ2n) is 7.65. The molecule has 3 aromatic heterocycles. The third-order valence-electron chi connectivity index (χ3n) is 5.42. The number of hydrogen-bond donors (Lipinski definition) is 1. The number of anilines is 1. The smallest absolute Gasteiger partial charge is 0.234 e. The summed E-state index contributed by atoms with van der Waals surface area (Å²) < 4.78 is 1.97. The standard InChI is InChI=1S/C21H20ClN5OS2/c1-11-7-8-13-16(9-11)30-20-18(13)19-25-26-21(27(19)12(2)23-20)29-10-17(28)24-15-6-4-3-5-14(15)22/h3-6,11H,7-10H2,1-2H3,(H,24,28)/t11-/m1/s1.